The maximum atomic E-state index is 3.79. The molecule has 1 aliphatic heterocycles. The predicted octanol–water partition coefficient (Wildman–Crippen LogP) is 3.48. The van der Waals surface area contributed by atoms with Crippen LogP contribution >= 0.6 is 15.9 Å². The van der Waals surface area contributed by atoms with Gasteiger partial charge in [-0.2, -0.15) is 0 Å². The lowest BCUT2D eigenvalue weighted by Gasteiger charge is -2.33. The van der Waals surface area contributed by atoms with Gasteiger partial charge in [0.15, 0.2) is 0 Å². The number of likely N-dealkylation sites (N-methyl/N-ethyl adjacent to an activating group) is 1. The van der Waals surface area contributed by atoms with Crippen LogP contribution in [0.5, 0.6) is 0 Å². The normalized spacial score (nSPS) is 20.6. The van der Waals surface area contributed by atoms with Crippen LogP contribution in [0.1, 0.15) is 32.3 Å². The summed E-state index contributed by atoms with van der Waals surface area (Å²) in [5.41, 5.74) is 2.69. The average Bonchev–Trinajstić information content (AvgIpc) is 2.66. The van der Waals surface area contributed by atoms with Crippen LogP contribution < -0.4 is 10.2 Å². The Morgan fingerprint density at radius 1 is 1.29 bits per heavy atom. The number of nitrogens with zero attached hydrogens (tertiary/aromatic N) is 2. The highest BCUT2D eigenvalue weighted by atomic mass is 79.9. The van der Waals surface area contributed by atoms with Crippen molar-refractivity contribution in [1.82, 2.24) is 10.2 Å². The molecule has 0 bridgehead atoms. The Bertz CT molecular complexity index is 450. The van der Waals surface area contributed by atoms with Crippen molar-refractivity contribution in [2.45, 2.75) is 39.3 Å². The molecular weight excluding hydrogens is 326 g/mol. The molecule has 1 aromatic carbocycles. The minimum absolute atomic E-state index is 0.605. The third-order valence-electron chi connectivity index (χ3n) is 4.27. The smallest absolute Gasteiger partial charge is 0.0513 e. The third kappa shape index (κ3) is 4.44. The number of benzene rings is 1. The molecule has 0 radical (unpaired) electrons. The zero-order valence-corrected chi connectivity index (χ0v) is 15.1. The number of hydrogen-bond acceptors (Lipinski definition) is 3. The molecule has 1 unspecified atom stereocenters. The summed E-state index contributed by atoms with van der Waals surface area (Å²) in [5, 5.41) is 3.39. The maximum Gasteiger partial charge on any atom is 0.0513 e. The van der Waals surface area contributed by atoms with Crippen molar-refractivity contribution < 1.29 is 0 Å². The van der Waals surface area contributed by atoms with Gasteiger partial charge in [0.05, 0.1) is 5.69 Å². The molecule has 4 heteroatoms. The lowest BCUT2D eigenvalue weighted by atomic mass is 10.1. The summed E-state index contributed by atoms with van der Waals surface area (Å²) in [5.74, 6) is 0. The summed E-state index contributed by atoms with van der Waals surface area (Å²) in [4.78, 5) is 5.05. The lowest BCUT2D eigenvalue weighted by molar-refractivity contribution is 0.328. The van der Waals surface area contributed by atoms with E-state index in [1.54, 1.807) is 0 Å². The minimum Gasteiger partial charge on any atom is -0.366 e. The molecule has 1 aromatic rings. The molecule has 21 heavy (non-hydrogen) atoms. The fraction of sp³-hybridized carbons (Fsp3) is 0.647. The molecule has 1 saturated heterocycles. The maximum absolute atomic E-state index is 3.79. The van der Waals surface area contributed by atoms with Crippen molar-refractivity contribution in [2.75, 3.05) is 38.1 Å². The number of anilines is 1. The number of nitrogens with one attached hydrogen (secondary N) is 1. The van der Waals surface area contributed by atoms with E-state index in [1.165, 1.54) is 35.1 Å². The first kappa shape index (κ1) is 16.8. The Balaban J connectivity index is 2.18. The van der Waals surface area contributed by atoms with Gasteiger partial charge >= 0.3 is 0 Å². The van der Waals surface area contributed by atoms with Crippen LogP contribution in [0, 0.1) is 0 Å². The van der Waals surface area contributed by atoms with E-state index in [0.717, 1.165) is 26.2 Å². The Morgan fingerprint density at radius 2 is 2.10 bits per heavy atom. The van der Waals surface area contributed by atoms with Crippen molar-refractivity contribution in [3.05, 3.63) is 28.2 Å². The van der Waals surface area contributed by atoms with Gasteiger partial charge in [0.2, 0.25) is 0 Å². The highest BCUT2D eigenvalue weighted by molar-refractivity contribution is 9.10. The summed E-state index contributed by atoms with van der Waals surface area (Å²) in [6.45, 7) is 9.89. The minimum atomic E-state index is 0.605. The van der Waals surface area contributed by atoms with Crippen molar-refractivity contribution in [3.63, 3.8) is 0 Å². The van der Waals surface area contributed by atoms with Gasteiger partial charge in [0.1, 0.15) is 0 Å². The third-order valence-corrected chi connectivity index (χ3v) is 4.91. The molecular formula is C17H28BrN3. The summed E-state index contributed by atoms with van der Waals surface area (Å²) in [6, 6.07) is 7.40. The van der Waals surface area contributed by atoms with E-state index >= 15 is 0 Å². The molecule has 2 rings (SSSR count). The monoisotopic (exact) mass is 353 g/mol. The fourth-order valence-electron chi connectivity index (χ4n) is 3.07. The first-order valence-electron chi connectivity index (χ1n) is 8.10. The lowest BCUT2D eigenvalue weighted by Crippen LogP contribution is -2.40. The largest absolute Gasteiger partial charge is 0.366 e. The van der Waals surface area contributed by atoms with Gasteiger partial charge in [-0.3, -0.25) is 0 Å². The second kappa shape index (κ2) is 8.16. The zero-order valence-electron chi connectivity index (χ0n) is 13.5. The SMILES string of the molecule is CCNCc1ccc(N2CCCN(C)CC2CC)c(Br)c1. The fourth-order valence-corrected chi connectivity index (χ4v) is 3.73. The molecule has 0 amide bonds. The molecule has 1 aliphatic rings. The molecule has 3 nitrogen and oxygen atoms in total. The van der Waals surface area contributed by atoms with E-state index in [0.29, 0.717) is 6.04 Å². The van der Waals surface area contributed by atoms with Crippen molar-refractivity contribution in [1.29, 1.82) is 0 Å². The van der Waals surface area contributed by atoms with Crippen LogP contribution in [0.15, 0.2) is 22.7 Å². The average molecular weight is 354 g/mol. The van der Waals surface area contributed by atoms with Crippen molar-refractivity contribution in [2.24, 2.45) is 0 Å². The summed E-state index contributed by atoms with van der Waals surface area (Å²) in [6.07, 6.45) is 2.43. The van der Waals surface area contributed by atoms with Gasteiger partial charge in [-0.15, -0.1) is 0 Å². The van der Waals surface area contributed by atoms with Crippen LogP contribution in [-0.4, -0.2) is 44.2 Å². The van der Waals surface area contributed by atoms with Crippen LogP contribution in [0.2, 0.25) is 0 Å². The molecule has 0 aliphatic carbocycles. The molecule has 0 spiro atoms. The quantitative estimate of drug-likeness (QED) is 0.873. The van der Waals surface area contributed by atoms with Gasteiger partial charge in [-0.05, 0) is 66.6 Å². The second-order valence-electron chi connectivity index (χ2n) is 5.94. The topological polar surface area (TPSA) is 18.5 Å². The van der Waals surface area contributed by atoms with Gasteiger partial charge in [-0.25, -0.2) is 0 Å². The molecule has 0 saturated carbocycles. The molecule has 118 valence electrons. The van der Waals surface area contributed by atoms with E-state index in [1.807, 2.05) is 0 Å². The molecule has 1 atom stereocenters. The Labute approximate surface area is 137 Å². The van der Waals surface area contributed by atoms with Crippen molar-refractivity contribution in [3.8, 4) is 0 Å². The highest BCUT2D eigenvalue weighted by Gasteiger charge is 2.23. The number of rotatable bonds is 5. The van der Waals surface area contributed by atoms with Gasteiger partial charge in [0, 0.05) is 30.1 Å². The first-order chi connectivity index (χ1) is 10.2. The van der Waals surface area contributed by atoms with Gasteiger partial charge in [0.25, 0.3) is 0 Å². The van der Waals surface area contributed by atoms with Gasteiger partial charge in [-0.1, -0.05) is 19.9 Å². The van der Waals surface area contributed by atoms with Gasteiger partial charge < -0.3 is 15.1 Å². The number of hydrogen-bond donors (Lipinski definition) is 1. The summed E-state index contributed by atoms with van der Waals surface area (Å²) in [7, 11) is 2.24. The molecule has 1 heterocycles. The Hall–Kier alpha value is -0.580. The predicted molar refractivity (Wildman–Crippen MR) is 95.1 cm³/mol. The highest BCUT2D eigenvalue weighted by Crippen LogP contribution is 2.30. The van der Waals surface area contributed by atoms with E-state index in [-0.39, 0.29) is 0 Å². The molecule has 0 aromatic heterocycles. The van der Waals surface area contributed by atoms with E-state index in [2.05, 4.69) is 70.1 Å². The van der Waals surface area contributed by atoms with Crippen LogP contribution in [-0.2, 0) is 6.54 Å². The molecule has 1 N–H and O–H groups in total. The zero-order chi connectivity index (χ0) is 15.2. The second-order valence-corrected chi connectivity index (χ2v) is 6.79. The van der Waals surface area contributed by atoms with E-state index < -0.39 is 0 Å². The van der Waals surface area contributed by atoms with Crippen LogP contribution in [0.25, 0.3) is 0 Å². The van der Waals surface area contributed by atoms with Crippen LogP contribution in [0.3, 0.4) is 0 Å². The standard InChI is InChI=1S/C17H28BrN3/c1-4-15-13-20(3)9-6-10-21(15)17-8-7-14(11-16(17)18)12-19-5-2/h7-8,11,15,19H,4-6,9-10,12-13H2,1-3H3. The van der Waals surface area contributed by atoms with E-state index in [9.17, 15) is 0 Å². The Kier molecular flexibility index (Phi) is 6.52. The van der Waals surface area contributed by atoms with Crippen molar-refractivity contribution >= 4 is 21.6 Å². The first-order valence-corrected chi connectivity index (χ1v) is 8.89. The Morgan fingerprint density at radius 3 is 2.76 bits per heavy atom. The van der Waals surface area contributed by atoms with Crippen LogP contribution in [0.4, 0.5) is 5.69 Å². The summed E-state index contributed by atoms with van der Waals surface area (Å²) >= 11 is 3.79. The summed E-state index contributed by atoms with van der Waals surface area (Å²) < 4.78 is 1.22. The molecule has 1 fully saturated rings. The van der Waals surface area contributed by atoms with E-state index in [4.69, 9.17) is 0 Å². The number of halogens is 1.